The van der Waals surface area contributed by atoms with Gasteiger partial charge < -0.3 is 5.11 Å². The molecule has 0 aliphatic heterocycles. The van der Waals surface area contributed by atoms with E-state index in [1.165, 1.54) is 109 Å². The van der Waals surface area contributed by atoms with Crippen molar-refractivity contribution in [1.29, 1.82) is 0 Å². The van der Waals surface area contributed by atoms with E-state index >= 15 is 0 Å². The van der Waals surface area contributed by atoms with Gasteiger partial charge in [0.05, 0.1) is 0 Å². The van der Waals surface area contributed by atoms with Crippen LogP contribution < -0.4 is 5.32 Å². The first-order valence-corrected chi connectivity index (χ1v) is 11.2. The maximum absolute atomic E-state index is 10.4. The van der Waals surface area contributed by atoms with Crippen LogP contribution in [0.25, 0.3) is 0 Å². The summed E-state index contributed by atoms with van der Waals surface area (Å²) in [5, 5.41) is 13.8. The molecule has 0 aromatic heterocycles. The lowest BCUT2D eigenvalue weighted by molar-refractivity contribution is -0.0278. The van der Waals surface area contributed by atoms with Crippen LogP contribution >= 0.6 is 0 Å². The Bertz CT molecular complexity index is 261. The van der Waals surface area contributed by atoms with Crippen molar-refractivity contribution in [2.75, 3.05) is 6.54 Å². The molecule has 0 saturated heterocycles. The number of hydrogen-bond donors (Lipinski definition) is 2. The zero-order valence-electron chi connectivity index (χ0n) is 16.6. The molecule has 2 N–H and O–H groups in total. The fourth-order valence-corrected chi connectivity index (χ4v) is 3.95. The zero-order valence-corrected chi connectivity index (χ0v) is 16.6. The van der Waals surface area contributed by atoms with Gasteiger partial charge >= 0.3 is 0 Å². The van der Waals surface area contributed by atoms with E-state index in [4.69, 9.17) is 0 Å². The first-order chi connectivity index (χ1) is 11.8. The molecule has 0 atom stereocenters. The summed E-state index contributed by atoms with van der Waals surface area (Å²) in [7, 11) is 0. The maximum Gasteiger partial charge on any atom is 0.116 e. The van der Waals surface area contributed by atoms with Gasteiger partial charge in [-0.2, -0.15) is 0 Å². The second-order valence-electron chi connectivity index (χ2n) is 8.12. The highest BCUT2D eigenvalue weighted by Gasteiger charge is 2.27. The summed E-state index contributed by atoms with van der Waals surface area (Å²) in [5.41, 5.74) is -0.533. The Morgan fingerprint density at radius 2 is 1.04 bits per heavy atom. The van der Waals surface area contributed by atoms with Gasteiger partial charge in [-0.05, 0) is 38.6 Å². The molecule has 1 saturated carbocycles. The van der Waals surface area contributed by atoms with Gasteiger partial charge in [0.15, 0.2) is 0 Å². The van der Waals surface area contributed by atoms with Gasteiger partial charge in [0.2, 0.25) is 0 Å². The minimum absolute atomic E-state index is 0.533. The van der Waals surface area contributed by atoms with Crippen molar-refractivity contribution >= 4 is 0 Å². The highest BCUT2D eigenvalue weighted by molar-refractivity contribution is 4.79. The van der Waals surface area contributed by atoms with E-state index in [1.54, 1.807) is 0 Å². The first kappa shape index (κ1) is 22.0. The molecular weight excluding hydrogens is 294 g/mol. The fourth-order valence-electron chi connectivity index (χ4n) is 3.95. The molecule has 2 heteroatoms. The van der Waals surface area contributed by atoms with E-state index in [1.807, 2.05) is 0 Å². The van der Waals surface area contributed by atoms with Crippen LogP contribution in [0, 0.1) is 0 Å². The largest absolute Gasteiger partial charge is 0.376 e. The van der Waals surface area contributed by atoms with Crippen molar-refractivity contribution in [3.8, 4) is 0 Å². The van der Waals surface area contributed by atoms with E-state index in [2.05, 4.69) is 12.2 Å². The Morgan fingerprint density at radius 1 is 0.625 bits per heavy atom. The van der Waals surface area contributed by atoms with Crippen molar-refractivity contribution in [3.05, 3.63) is 0 Å². The summed E-state index contributed by atoms with van der Waals surface area (Å²) >= 11 is 0. The fraction of sp³-hybridized carbons (Fsp3) is 1.00. The summed E-state index contributed by atoms with van der Waals surface area (Å²) in [6.45, 7) is 3.28. The van der Waals surface area contributed by atoms with Crippen LogP contribution in [0.15, 0.2) is 0 Å². The molecule has 1 fully saturated rings. The Balaban J connectivity index is 1.73. The quantitative estimate of drug-likeness (QED) is 0.242. The molecule has 1 aliphatic carbocycles. The average molecular weight is 340 g/mol. The van der Waals surface area contributed by atoms with Gasteiger partial charge in [0.1, 0.15) is 5.72 Å². The molecular formula is C22H45NO. The number of hydrogen-bond acceptors (Lipinski definition) is 2. The molecule has 0 radical (unpaired) electrons. The van der Waals surface area contributed by atoms with Crippen LogP contribution in [0.1, 0.15) is 129 Å². The summed E-state index contributed by atoms with van der Waals surface area (Å²) in [5.74, 6) is 0. The monoisotopic (exact) mass is 339 g/mol. The highest BCUT2D eigenvalue weighted by atomic mass is 16.3. The lowest BCUT2D eigenvalue weighted by Crippen LogP contribution is -2.46. The Hall–Kier alpha value is -0.0800. The molecule has 144 valence electrons. The SMILES string of the molecule is CCCCCCCCCCCCCCCCNC1(O)CCCCC1. The lowest BCUT2D eigenvalue weighted by atomic mass is 9.91. The summed E-state index contributed by atoms with van der Waals surface area (Å²) < 4.78 is 0. The standard InChI is InChI=1S/C22H45NO/c1-2-3-4-5-6-7-8-9-10-11-12-13-14-18-21-23-22(24)19-16-15-17-20-22/h23-24H,2-21H2,1H3. The number of unbranched alkanes of at least 4 members (excludes halogenated alkanes) is 13. The molecule has 0 bridgehead atoms. The highest BCUT2D eigenvalue weighted by Crippen LogP contribution is 2.25. The van der Waals surface area contributed by atoms with Crippen LogP contribution in [0.4, 0.5) is 0 Å². The molecule has 2 nitrogen and oxygen atoms in total. The second kappa shape index (κ2) is 15.2. The Labute approximate surface area is 152 Å². The predicted octanol–water partition coefficient (Wildman–Crippen LogP) is 6.71. The minimum atomic E-state index is -0.533. The van der Waals surface area contributed by atoms with E-state index in [9.17, 15) is 5.11 Å². The molecule has 1 rings (SSSR count). The third kappa shape index (κ3) is 12.3. The smallest absolute Gasteiger partial charge is 0.116 e. The van der Waals surface area contributed by atoms with Crippen LogP contribution in [0.5, 0.6) is 0 Å². The number of rotatable bonds is 16. The van der Waals surface area contributed by atoms with Crippen molar-refractivity contribution in [2.45, 2.75) is 135 Å². The maximum atomic E-state index is 10.4. The summed E-state index contributed by atoms with van der Waals surface area (Å²) in [4.78, 5) is 0. The molecule has 0 aromatic rings. The molecule has 0 unspecified atom stereocenters. The molecule has 0 heterocycles. The van der Waals surface area contributed by atoms with Gasteiger partial charge in [-0.1, -0.05) is 96.8 Å². The molecule has 24 heavy (non-hydrogen) atoms. The van der Waals surface area contributed by atoms with E-state index in [0.29, 0.717) is 0 Å². The Kier molecular flexibility index (Phi) is 13.9. The van der Waals surface area contributed by atoms with Crippen molar-refractivity contribution in [3.63, 3.8) is 0 Å². The van der Waals surface area contributed by atoms with Crippen molar-refractivity contribution < 1.29 is 5.11 Å². The van der Waals surface area contributed by atoms with Gasteiger partial charge in [0.25, 0.3) is 0 Å². The van der Waals surface area contributed by atoms with Gasteiger partial charge in [-0.3, -0.25) is 5.32 Å². The van der Waals surface area contributed by atoms with Crippen molar-refractivity contribution in [1.82, 2.24) is 5.32 Å². The molecule has 0 spiro atoms. The number of nitrogens with one attached hydrogen (secondary N) is 1. The third-order valence-corrected chi connectivity index (χ3v) is 5.67. The number of aliphatic hydroxyl groups is 1. The van der Waals surface area contributed by atoms with E-state index in [-0.39, 0.29) is 0 Å². The topological polar surface area (TPSA) is 32.3 Å². The van der Waals surface area contributed by atoms with Gasteiger partial charge in [-0.15, -0.1) is 0 Å². The van der Waals surface area contributed by atoms with Gasteiger partial charge in [-0.25, -0.2) is 0 Å². The average Bonchev–Trinajstić information content (AvgIpc) is 2.59. The minimum Gasteiger partial charge on any atom is -0.376 e. The van der Waals surface area contributed by atoms with Crippen LogP contribution in [-0.4, -0.2) is 17.4 Å². The van der Waals surface area contributed by atoms with Gasteiger partial charge in [0, 0.05) is 0 Å². The normalized spacial score (nSPS) is 17.2. The summed E-state index contributed by atoms with van der Waals surface area (Å²) in [6.07, 6.45) is 25.2. The third-order valence-electron chi connectivity index (χ3n) is 5.67. The van der Waals surface area contributed by atoms with Crippen LogP contribution in [-0.2, 0) is 0 Å². The molecule has 0 aromatic carbocycles. The Morgan fingerprint density at radius 3 is 1.50 bits per heavy atom. The first-order valence-electron chi connectivity index (χ1n) is 11.2. The lowest BCUT2D eigenvalue weighted by Gasteiger charge is -2.33. The van der Waals surface area contributed by atoms with Crippen LogP contribution in [0.2, 0.25) is 0 Å². The zero-order chi connectivity index (χ0) is 17.3. The van der Waals surface area contributed by atoms with E-state index < -0.39 is 5.72 Å². The second-order valence-corrected chi connectivity index (χ2v) is 8.12. The van der Waals surface area contributed by atoms with Crippen LogP contribution in [0.3, 0.4) is 0 Å². The molecule has 1 aliphatic rings. The predicted molar refractivity (Wildman–Crippen MR) is 106 cm³/mol. The van der Waals surface area contributed by atoms with Crippen molar-refractivity contribution in [2.24, 2.45) is 0 Å². The molecule has 0 amide bonds. The van der Waals surface area contributed by atoms with E-state index in [0.717, 1.165) is 19.4 Å². The summed E-state index contributed by atoms with van der Waals surface area (Å²) in [6, 6.07) is 0.